The van der Waals surface area contributed by atoms with Crippen molar-refractivity contribution in [3.63, 3.8) is 0 Å². The fourth-order valence-corrected chi connectivity index (χ4v) is 3.38. The van der Waals surface area contributed by atoms with Gasteiger partial charge in [0, 0.05) is 25.3 Å². The largest absolute Gasteiger partial charge is 0.497 e. The number of benzene rings is 2. The number of thiocarbonyl (C=S) groups is 1. The molecule has 144 valence electrons. The maximum absolute atomic E-state index is 5.52. The lowest BCUT2D eigenvalue weighted by atomic mass is 10.0. The number of anilines is 1. The molecule has 0 unspecified atom stereocenters. The first-order chi connectivity index (χ1) is 13.2. The van der Waals surface area contributed by atoms with Crippen LogP contribution in [0.4, 0.5) is 5.69 Å². The van der Waals surface area contributed by atoms with Crippen LogP contribution in [0, 0.1) is 6.92 Å². The van der Waals surface area contributed by atoms with Crippen LogP contribution >= 0.6 is 12.2 Å². The zero-order valence-corrected chi connectivity index (χ0v) is 16.7. The minimum Gasteiger partial charge on any atom is -0.497 e. The lowest BCUT2D eigenvalue weighted by Crippen LogP contribution is -2.44. The molecule has 0 radical (unpaired) electrons. The molecule has 0 amide bonds. The Kier molecular flexibility index (Phi) is 7.04. The Morgan fingerprint density at radius 2 is 1.78 bits per heavy atom. The van der Waals surface area contributed by atoms with Crippen LogP contribution in [0.15, 0.2) is 48.5 Å². The average Bonchev–Trinajstić information content (AvgIpc) is 2.71. The predicted molar refractivity (Wildman–Crippen MR) is 114 cm³/mol. The quantitative estimate of drug-likeness (QED) is 0.744. The van der Waals surface area contributed by atoms with Gasteiger partial charge in [0.15, 0.2) is 5.11 Å². The molecule has 0 aromatic heterocycles. The number of nitrogens with one attached hydrogen (secondary N) is 2. The molecule has 1 aliphatic rings. The van der Waals surface area contributed by atoms with Crippen LogP contribution in [0.2, 0.25) is 0 Å². The summed E-state index contributed by atoms with van der Waals surface area (Å²) in [6, 6.07) is 16.7. The third-order valence-corrected chi connectivity index (χ3v) is 5.00. The van der Waals surface area contributed by atoms with E-state index in [9.17, 15) is 0 Å². The number of rotatable bonds is 6. The Morgan fingerprint density at radius 3 is 2.41 bits per heavy atom. The molecular weight excluding hydrogens is 358 g/mol. The second-order valence-electron chi connectivity index (χ2n) is 6.64. The normalized spacial score (nSPS) is 15.8. The summed E-state index contributed by atoms with van der Waals surface area (Å²) in [6.07, 6.45) is 0. The van der Waals surface area contributed by atoms with Crippen molar-refractivity contribution in [2.24, 2.45) is 0 Å². The summed E-state index contributed by atoms with van der Waals surface area (Å²) in [5.74, 6) is 0.865. The monoisotopic (exact) mass is 385 g/mol. The van der Waals surface area contributed by atoms with Gasteiger partial charge in [-0.25, -0.2) is 0 Å². The fourth-order valence-electron chi connectivity index (χ4n) is 3.17. The fraction of sp³-hybridized carbons (Fsp3) is 0.381. The molecule has 27 heavy (non-hydrogen) atoms. The maximum atomic E-state index is 5.52. The van der Waals surface area contributed by atoms with Crippen molar-refractivity contribution in [2.45, 2.75) is 13.0 Å². The second-order valence-corrected chi connectivity index (χ2v) is 7.05. The van der Waals surface area contributed by atoms with Crippen LogP contribution in [0.1, 0.15) is 17.2 Å². The van der Waals surface area contributed by atoms with Gasteiger partial charge in [0.25, 0.3) is 0 Å². The zero-order valence-electron chi connectivity index (χ0n) is 15.9. The van der Waals surface area contributed by atoms with Gasteiger partial charge in [-0.2, -0.15) is 0 Å². The van der Waals surface area contributed by atoms with E-state index >= 15 is 0 Å². The second kappa shape index (κ2) is 9.69. The van der Waals surface area contributed by atoms with E-state index in [1.807, 2.05) is 24.3 Å². The minimum atomic E-state index is 0.220. The molecule has 5 nitrogen and oxygen atoms in total. The van der Waals surface area contributed by atoms with E-state index < -0.39 is 0 Å². The van der Waals surface area contributed by atoms with Crippen molar-refractivity contribution in [3.05, 3.63) is 59.7 Å². The van der Waals surface area contributed by atoms with Crippen molar-refractivity contribution < 1.29 is 9.47 Å². The summed E-state index contributed by atoms with van der Waals surface area (Å²) >= 11 is 5.49. The van der Waals surface area contributed by atoms with Crippen LogP contribution in [0.5, 0.6) is 5.75 Å². The molecule has 1 saturated heterocycles. The molecule has 1 fully saturated rings. The molecule has 2 aromatic carbocycles. The number of aryl methyl sites for hydroxylation is 1. The molecular formula is C21H27N3O2S. The lowest BCUT2D eigenvalue weighted by Gasteiger charge is -2.35. The molecule has 0 saturated carbocycles. The molecule has 2 N–H and O–H groups in total. The van der Waals surface area contributed by atoms with Crippen molar-refractivity contribution >= 4 is 23.0 Å². The summed E-state index contributed by atoms with van der Waals surface area (Å²) in [5.41, 5.74) is 3.46. The van der Waals surface area contributed by atoms with Gasteiger partial charge in [-0.15, -0.1) is 0 Å². The number of methoxy groups -OCH3 is 1. The van der Waals surface area contributed by atoms with Gasteiger partial charge in [-0.3, -0.25) is 4.90 Å². The van der Waals surface area contributed by atoms with Crippen molar-refractivity contribution in [1.82, 2.24) is 10.2 Å². The van der Waals surface area contributed by atoms with E-state index in [1.165, 1.54) is 11.1 Å². The molecule has 6 heteroatoms. The van der Waals surface area contributed by atoms with E-state index in [4.69, 9.17) is 21.7 Å². The molecule has 1 heterocycles. The molecule has 2 aromatic rings. The SMILES string of the molecule is COc1ccc([C@@H](CNC(=S)Nc2ccc(C)cc2)N2CCOCC2)cc1. The van der Waals surface area contributed by atoms with Gasteiger partial charge in [0.05, 0.1) is 26.4 Å². The molecule has 1 aliphatic heterocycles. The van der Waals surface area contributed by atoms with Crippen LogP contribution in [-0.4, -0.2) is 50.0 Å². The topological polar surface area (TPSA) is 45.8 Å². The number of morpholine rings is 1. The van der Waals surface area contributed by atoms with E-state index in [0.717, 1.165) is 44.3 Å². The first-order valence-electron chi connectivity index (χ1n) is 9.23. The average molecular weight is 386 g/mol. The Bertz CT molecular complexity index is 728. The summed E-state index contributed by atoms with van der Waals surface area (Å²) < 4.78 is 10.8. The van der Waals surface area contributed by atoms with Crippen LogP contribution in [-0.2, 0) is 4.74 Å². The van der Waals surface area contributed by atoms with Crippen molar-refractivity contribution in [2.75, 3.05) is 45.3 Å². The minimum absolute atomic E-state index is 0.220. The first kappa shape index (κ1) is 19.6. The van der Waals surface area contributed by atoms with E-state index in [0.29, 0.717) is 5.11 Å². The molecule has 0 spiro atoms. The van der Waals surface area contributed by atoms with Gasteiger partial charge >= 0.3 is 0 Å². The van der Waals surface area contributed by atoms with Gasteiger partial charge in [-0.05, 0) is 49.0 Å². The lowest BCUT2D eigenvalue weighted by molar-refractivity contribution is 0.0170. The van der Waals surface area contributed by atoms with Crippen molar-refractivity contribution in [1.29, 1.82) is 0 Å². The number of hydrogen-bond donors (Lipinski definition) is 2. The highest BCUT2D eigenvalue weighted by atomic mass is 32.1. The molecule has 0 aliphatic carbocycles. The Hall–Kier alpha value is -2.15. The van der Waals surface area contributed by atoms with Crippen molar-refractivity contribution in [3.8, 4) is 5.75 Å². The summed E-state index contributed by atoms with van der Waals surface area (Å²) in [7, 11) is 1.69. The first-order valence-corrected chi connectivity index (χ1v) is 9.64. The maximum Gasteiger partial charge on any atom is 0.170 e. The molecule has 3 rings (SSSR count). The highest BCUT2D eigenvalue weighted by Crippen LogP contribution is 2.23. The number of hydrogen-bond acceptors (Lipinski definition) is 4. The third kappa shape index (κ3) is 5.66. The number of nitrogens with zero attached hydrogens (tertiary/aromatic N) is 1. The van der Waals surface area contributed by atoms with E-state index in [2.05, 4.69) is 46.7 Å². The van der Waals surface area contributed by atoms with Crippen LogP contribution < -0.4 is 15.4 Å². The third-order valence-electron chi connectivity index (χ3n) is 4.75. The zero-order chi connectivity index (χ0) is 19.1. The van der Waals surface area contributed by atoms with Gasteiger partial charge in [0.1, 0.15) is 5.75 Å². The van der Waals surface area contributed by atoms with Crippen LogP contribution in [0.3, 0.4) is 0 Å². The van der Waals surface area contributed by atoms with Crippen LogP contribution in [0.25, 0.3) is 0 Å². The predicted octanol–water partition coefficient (Wildman–Crippen LogP) is 3.36. The Morgan fingerprint density at radius 1 is 1.11 bits per heavy atom. The van der Waals surface area contributed by atoms with Gasteiger partial charge in [0.2, 0.25) is 0 Å². The highest BCUT2D eigenvalue weighted by molar-refractivity contribution is 7.80. The molecule has 0 bridgehead atoms. The summed E-state index contributed by atoms with van der Waals surface area (Å²) in [4.78, 5) is 2.44. The summed E-state index contributed by atoms with van der Waals surface area (Å²) in [6.45, 7) is 6.15. The summed E-state index contributed by atoms with van der Waals surface area (Å²) in [5, 5.41) is 7.26. The number of ether oxygens (including phenoxy) is 2. The highest BCUT2D eigenvalue weighted by Gasteiger charge is 2.22. The standard InChI is InChI=1S/C21H27N3O2S/c1-16-3-7-18(8-4-16)23-21(27)22-15-20(24-11-13-26-14-12-24)17-5-9-19(25-2)10-6-17/h3-10,20H,11-15H2,1-2H3,(H2,22,23,27)/t20-/m1/s1. The van der Waals surface area contributed by atoms with Gasteiger partial charge < -0.3 is 20.1 Å². The smallest absolute Gasteiger partial charge is 0.170 e. The van der Waals surface area contributed by atoms with Gasteiger partial charge in [-0.1, -0.05) is 29.8 Å². The van der Waals surface area contributed by atoms with E-state index in [-0.39, 0.29) is 6.04 Å². The van der Waals surface area contributed by atoms with E-state index in [1.54, 1.807) is 7.11 Å². The Balaban J connectivity index is 1.64. The Labute approximate surface area is 166 Å². The molecule has 1 atom stereocenters.